The van der Waals surface area contributed by atoms with Gasteiger partial charge in [0.05, 0.1) is 29.6 Å². The smallest absolute Gasteiger partial charge is 0.255 e. The first kappa shape index (κ1) is 50.1. The Morgan fingerprint density at radius 3 is 2.23 bits per heavy atom. The molecule has 3 aromatic carbocycles. The van der Waals surface area contributed by atoms with Crippen LogP contribution in [-0.2, 0) is 31.0 Å². The average Bonchev–Trinajstić information content (AvgIpc) is 3.27. The summed E-state index contributed by atoms with van der Waals surface area (Å²) in [6, 6.07) is 14.0. The van der Waals surface area contributed by atoms with Crippen LogP contribution in [-0.4, -0.2) is 107 Å². The number of hydrogen-bond donors (Lipinski definition) is 8. The Morgan fingerprint density at radius 2 is 1.62 bits per heavy atom. The van der Waals surface area contributed by atoms with Crippen LogP contribution in [0, 0.1) is 31.1 Å². The molecule has 2 heterocycles. The SMILES string of the molecule is Cc1nc(-c2ccc(C(C)(C)C)cc2)nc(C)c1C(=O)NC(CCN)C(=O)N(C)[C@@H]1C(=O)N[C@@H](C)C(=O)N[C@H](C(=O)NCC#N)Cc2ccc(O)c(c2)-c2cc1ccc2OCC(CN)CN. The lowest BCUT2D eigenvalue weighted by Crippen LogP contribution is -2.56. The number of nitrogens with one attached hydrogen (secondary N) is 4. The first-order valence-electron chi connectivity index (χ1n) is 21.8. The number of nitriles is 1. The van der Waals surface area contributed by atoms with Crippen molar-refractivity contribution < 1.29 is 33.8 Å². The fourth-order valence-corrected chi connectivity index (χ4v) is 7.64. The largest absolute Gasteiger partial charge is 0.507 e. The predicted octanol–water partition coefficient (Wildman–Crippen LogP) is 2.18. The van der Waals surface area contributed by atoms with Gasteiger partial charge in [-0.3, -0.25) is 24.0 Å². The van der Waals surface area contributed by atoms with Gasteiger partial charge in [-0.1, -0.05) is 57.2 Å². The third-order valence-electron chi connectivity index (χ3n) is 11.5. The molecule has 350 valence electrons. The maximum atomic E-state index is 14.7. The molecule has 5 amide bonds. The fourth-order valence-electron chi connectivity index (χ4n) is 7.64. The maximum absolute atomic E-state index is 14.7. The molecule has 18 nitrogen and oxygen atoms in total. The Labute approximate surface area is 385 Å². The molecule has 0 fully saturated rings. The Bertz CT molecular complexity index is 2460. The Morgan fingerprint density at radius 1 is 0.955 bits per heavy atom. The second kappa shape index (κ2) is 21.8. The van der Waals surface area contributed by atoms with E-state index in [-0.39, 0.29) is 85.1 Å². The summed E-state index contributed by atoms with van der Waals surface area (Å²) in [5.74, 6) is -3.14. The van der Waals surface area contributed by atoms with Crippen molar-refractivity contribution in [1.82, 2.24) is 36.1 Å². The molecule has 0 saturated heterocycles. The van der Waals surface area contributed by atoms with E-state index in [0.29, 0.717) is 28.3 Å². The third-order valence-corrected chi connectivity index (χ3v) is 11.5. The molecule has 0 saturated carbocycles. The highest BCUT2D eigenvalue weighted by Crippen LogP contribution is 2.40. The van der Waals surface area contributed by atoms with Gasteiger partial charge < -0.3 is 53.2 Å². The van der Waals surface area contributed by atoms with E-state index in [2.05, 4.69) is 52.0 Å². The van der Waals surface area contributed by atoms with Crippen LogP contribution in [0.2, 0.25) is 0 Å². The van der Waals surface area contributed by atoms with Crippen molar-refractivity contribution in [2.45, 2.75) is 84.0 Å². The van der Waals surface area contributed by atoms with Crippen molar-refractivity contribution in [1.29, 1.82) is 5.26 Å². The standard InChI is InChI=1S/C48H61N11O7/c1-26-40(27(2)55-42(54-26)31-9-12-33(13-10-31)48(4,5)6)45(63)57-36(16-17-49)47(65)59(7)41-32-11-15-39(66-25-30(23-51)24-52)35(22-32)34-20-29(8-14-38(34)60)21-37(44(62)53-19-18-50)58-43(61)28(3)56-46(41)64/h8-15,20,22,28,30,36-37,41,60H,16-17,19,21,23-25,49,51-52H2,1-7H3,(H,53,62)(H,56,64)(H,57,63)(H,58,61)/t28-,36?,37-,41-/m0/s1. The summed E-state index contributed by atoms with van der Waals surface area (Å²) in [7, 11) is 1.39. The number of nitrogens with two attached hydrogens (primary N) is 3. The molecule has 0 radical (unpaired) electrons. The minimum Gasteiger partial charge on any atom is -0.507 e. The van der Waals surface area contributed by atoms with Gasteiger partial charge in [-0.15, -0.1) is 0 Å². The molecule has 5 rings (SSSR count). The van der Waals surface area contributed by atoms with Gasteiger partial charge in [-0.2, -0.15) is 5.26 Å². The van der Waals surface area contributed by atoms with E-state index in [4.69, 9.17) is 27.2 Å². The highest BCUT2D eigenvalue weighted by atomic mass is 16.5. The van der Waals surface area contributed by atoms with Crippen molar-refractivity contribution in [2.24, 2.45) is 23.1 Å². The molecule has 4 bridgehead atoms. The number of carbonyl (C=O) groups excluding carboxylic acids is 5. The average molecular weight is 904 g/mol. The van der Waals surface area contributed by atoms with E-state index in [1.807, 2.05) is 30.3 Å². The van der Waals surface area contributed by atoms with Crippen LogP contribution < -0.4 is 43.2 Å². The van der Waals surface area contributed by atoms with Crippen LogP contribution in [0.1, 0.15) is 78.6 Å². The number of aromatic hydroxyl groups is 1. The maximum Gasteiger partial charge on any atom is 0.255 e. The number of amides is 5. The molecule has 0 aliphatic carbocycles. The van der Waals surface area contributed by atoms with Crippen LogP contribution >= 0.6 is 0 Å². The number of rotatable bonds is 14. The van der Waals surface area contributed by atoms with Gasteiger partial charge in [-0.05, 0) is 93.2 Å². The summed E-state index contributed by atoms with van der Waals surface area (Å²) in [6.45, 7) is 11.4. The van der Waals surface area contributed by atoms with Gasteiger partial charge in [0.2, 0.25) is 23.6 Å². The van der Waals surface area contributed by atoms with Gasteiger partial charge in [-0.25, -0.2) is 9.97 Å². The monoisotopic (exact) mass is 903 g/mol. The summed E-state index contributed by atoms with van der Waals surface area (Å²) >= 11 is 0. The zero-order valence-electron chi connectivity index (χ0n) is 38.5. The number of phenolic OH excluding ortho intramolecular Hbond substituents is 1. The van der Waals surface area contributed by atoms with E-state index >= 15 is 0 Å². The first-order chi connectivity index (χ1) is 31.3. The summed E-state index contributed by atoms with van der Waals surface area (Å²) < 4.78 is 6.24. The fraction of sp³-hybridized carbons (Fsp3) is 0.417. The lowest BCUT2D eigenvalue weighted by Gasteiger charge is -2.32. The van der Waals surface area contributed by atoms with Crippen molar-refractivity contribution >= 4 is 29.5 Å². The van der Waals surface area contributed by atoms with Crippen LogP contribution in [0.4, 0.5) is 0 Å². The Kier molecular flexibility index (Phi) is 16.6. The van der Waals surface area contributed by atoms with Crippen LogP contribution in [0.3, 0.4) is 0 Å². The molecular formula is C48H61N11O7. The van der Waals surface area contributed by atoms with E-state index in [1.165, 1.54) is 20.0 Å². The summed E-state index contributed by atoms with van der Waals surface area (Å²) in [6.07, 6.45) is -0.0687. The summed E-state index contributed by atoms with van der Waals surface area (Å²) in [5, 5.41) is 31.1. The number of likely N-dealkylation sites (N-methyl/N-ethyl adjacent to an activating group) is 1. The molecule has 4 aromatic rings. The molecule has 11 N–H and O–H groups in total. The number of ether oxygens (including phenoxy) is 1. The third kappa shape index (κ3) is 11.8. The number of carbonyl (C=O) groups is 5. The molecule has 18 heteroatoms. The number of nitrogens with zero attached hydrogens (tertiary/aromatic N) is 4. The van der Waals surface area contributed by atoms with Gasteiger partial charge >= 0.3 is 0 Å². The molecule has 1 aliphatic rings. The van der Waals surface area contributed by atoms with E-state index in [0.717, 1.165) is 16.0 Å². The minimum atomic E-state index is -1.45. The van der Waals surface area contributed by atoms with Crippen LogP contribution in [0.15, 0.2) is 60.7 Å². The minimum absolute atomic E-state index is 0.0158. The van der Waals surface area contributed by atoms with E-state index in [9.17, 15) is 29.1 Å². The first-order valence-corrected chi connectivity index (χ1v) is 21.8. The van der Waals surface area contributed by atoms with Gasteiger partial charge in [0.15, 0.2) is 5.82 Å². The highest BCUT2D eigenvalue weighted by molar-refractivity contribution is 6.00. The lowest BCUT2D eigenvalue weighted by molar-refractivity contribution is -0.141. The van der Waals surface area contributed by atoms with Crippen LogP contribution in [0.25, 0.3) is 22.5 Å². The molecule has 1 aliphatic heterocycles. The highest BCUT2D eigenvalue weighted by Gasteiger charge is 2.36. The molecule has 66 heavy (non-hydrogen) atoms. The topological polar surface area (TPSA) is 294 Å². The van der Waals surface area contributed by atoms with Gasteiger partial charge in [0.25, 0.3) is 5.91 Å². The zero-order valence-corrected chi connectivity index (χ0v) is 38.5. The summed E-state index contributed by atoms with van der Waals surface area (Å²) in [5.41, 5.74) is 22.0. The molecule has 4 atom stereocenters. The molecular weight excluding hydrogens is 843 g/mol. The van der Waals surface area contributed by atoms with Crippen molar-refractivity contribution in [3.05, 3.63) is 94.3 Å². The number of hydrogen-bond acceptors (Lipinski definition) is 13. The van der Waals surface area contributed by atoms with Crippen molar-refractivity contribution in [2.75, 3.05) is 39.8 Å². The summed E-state index contributed by atoms with van der Waals surface area (Å²) in [4.78, 5) is 80.8. The number of fused-ring (bicyclic) bond motifs is 5. The Hall–Kier alpha value is -6.94. The van der Waals surface area contributed by atoms with Crippen molar-refractivity contribution in [3.63, 3.8) is 0 Å². The number of aryl methyl sites for hydroxylation is 2. The quantitative estimate of drug-likeness (QED) is 0.0844. The van der Waals surface area contributed by atoms with Gasteiger partial charge in [0.1, 0.15) is 42.2 Å². The predicted molar refractivity (Wildman–Crippen MR) is 249 cm³/mol. The van der Waals surface area contributed by atoms with E-state index in [1.54, 1.807) is 44.2 Å². The zero-order chi connectivity index (χ0) is 48.5. The number of aromatic nitrogens is 2. The second-order valence-corrected chi connectivity index (χ2v) is 17.5. The molecule has 0 spiro atoms. The number of benzene rings is 3. The van der Waals surface area contributed by atoms with Gasteiger partial charge in [0, 0.05) is 36.1 Å². The van der Waals surface area contributed by atoms with Crippen LogP contribution in [0.5, 0.6) is 11.5 Å². The second-order valence-electron chi connectivity index (χ2n) is 17.5. The van der Waals surface area contributed by atoms with E-state index < -0.39 is 53.7 Å². The normalized spacial score (nSPS) is 16.8. The van der Waals surface area contributed by atoms with Crippen molar-refractivity contribution in [3.8, 4) is 40.1 Å². The molecule has 1 aromatic heterocycles. The lowest BCUT2D eigenvalue weighted by atomic mass is 9.86. The Balaban J connectivity index is 1.56. The molecule has 1 unspecified atom stereocenters. The number of phenols is 1.